The molecule has 0 saturated heterocycles. The fraction of sp³-hybridized carbons (Fsp3) is 0.333. The van der Waals surface area contributed by atoms with E-state index >= 15 is 0 Å². The molecule has 3 aliphatic heterocycles. The van der Waals surface area contributed by atoms with E-state index < -0.39 is 0 Å². The van der Waals surface area contributed by atoms with Gasteiger partial charge < -0.3 is 14.8 Å². The monoisotopic (exact) mass is 311 g/mol. The molecule has 0 saturated carbocycles. The number of methoxy groups -OCH3 is 1. The first-order valence-electron chi connectivity index (χ1n) is 7.91. The highest BCUT2D eigenvalue weighted by Crippen LogP contribution is 2.43. The maximum absolute atomic E-state index is 12.7. The van der Waals surface area contributed by atoms with E-state index in [0.717, 1.165) is 52.4 Å². The van der Waals surface area contributed by atoms with Gasteiger partial charge in [0.05, 0.1) is 24.3 Å². The fourth-order valence-electron chi connectivity index (χ4n) is 3.49. The lowest BCUT2D eigenvalue weighted by Crippen LogP contribution is -2.35. The fourth-order valence-corrected chi connectivity index (χ4v) is 3.49. The Morgan fingerprint density at radius 1 is 1.39 bits per heavy atom. The summed E-state index contributed by atoms with van der Waals surface area (Å²) in [6.45, 7) is 1.33. The van der Waals surface area contributed by atoms with Gasteiger partial charge in [0.2, 0.25) is 0 Å². The number of rotatable bonds is 2. The zero-order valence-electron chi connectivity index (χ0n) is 13.0. The van der Waals surface area contributed by atoms with Crippen LogP contribution in [0.5, 0.6) is 5.75 Å². The van der Waals surface area contributed by atoms with E-state index in [4.69, 9.17) is 9.47 Å². The van der Waals surface area contributed by atoms with Gasteiger partial charge in [0.15, 0.2) is 0 Å². The lowest BCUT2D eigenvalue weighted by molar-refractivity contribution is -0.490. The molecule has 5 nitrogen and oxygen atoms in total. The molecule has 0 spiro atoms. The molecular weight excluding hydrogens is 292 g/mol. The number of ether oxygens (including phenoxy) is 2. The third kappa shape index (κ3) is 2.23. The highest BCUT2D eigenvalue weighted by atomic mass is 16.5. The molecule has 0 aliphatic carbocycles. The molecule has 1 aromatic rings. The molecule has 5 heteroatoms. The van der Waals surface area contributed by atoms with Gasteiger partial charge in [0.1, 0.15) is 17.1 Å². The van der Waals surface area contributed by atoms with Gasteiger partial charge in [0, 0.05) is 17.9 Å². The normalized spacial score (nSPS) is 23.0. The third-order valence-corrected chi connectivity index (χ3v) is 4.53. The smallest absolute Gasteiger partial charge is 0.427 e. The molecule has 0 amide bonds. The van der Waals surface area contributed by atoms with Crippen molar-refractivity contribution in [2.24, 2.45) is 0 Å². The lowest BCUT2D eigenvalue weighted by atomic mass is 9.82. The van der Waals surface area contributed by atoms with Gasteiger partial charge in [0.25, 0.3) is 5.70 Å². The predicted molar refractivity (Wildman–Crippen MR) is 85.7 cm³/mol. The highest BCUT2D eigenvalue weighted by molar-refractivity contribution is 5.48. The summed E-state index contributed by atoms with van der Waals surface area (Å²) < 4.78 is 12.0. The molecule has 3 aliphatic rings. The Morgan fingerprint density at radius 2 is 2.30 bits per heavy atom. The summed E-state index contributed by atoms with van der Waals surface area (Å²) in [6.07, 6.45) is 5.69. The number of nitroso groups, excluding NO2 is 1. The number of hydrogen-bond donors (Lipinski definition) is 1. The topological polar surface area (TPSA) is 50.6 Å². The van der Waals surface area contributed by atoms with Gasteiger partial charge in [-0.1, -0.05) is 12.1 Å². The average Bonchev–Trinajstić information content (AvgIpc) is 2.62. The van der Waals surface area contributed by atoms with E-state index in [2.05, 4.69) is 11.4 Å². The van der Waals surface area contributed by atoms with Crippen molar-refractivity contribution >= 4 is 0 Å². The van der Waals surface area contributed by atoms with Crippen molar-refractivity contribution in [1.29, 1.82) is 0 Å². The van der Waals surface area contributed by atoms with Crippen LogP contribution in [0.3, 0.4) is 0 Å². The van der Waals surface area contributed by atoms with Crippen LogP contribution in [0.25, 0.3) is 0 Å². The summed E-state index contributed by atoms with van der Waals surface area (Å²) in [7, 11) is 1.66. The number of nitrogens with zero attached hydrogens (tertiary/aromatic N) is 1. The van der Waals surface area contributed by atoms with Crippen LogP contribution < -0.4 is 10.1 Å². The van der Waals surface area contributed by atoms with Crippen molar-refractivity contribution in [1.82, 2.24) is 5.32 Å². The van der Waals surface area contributed by atoms with Crippen LogP contribution in [0.15, 0.2) is 59.3 Å². The summed E-state index contributed by atoms with van der Waals surface area (Å²) in [5.41, 5.74) is 3.79. The Kier molecular flexibility index (Phi) is 3.41. The van der Waals surface area contributed by atoms with Crippen LogP contribution in [-0.2, 0) is 4.74 Å². The molecule has 23 heavy (non-hydrogen) atoms. The zero-order valence-corrected chi connectivity index (χ0v) is 13.0. The molecule has 1 aromatic carbocycles. The molecule has 1 N–H and O–H groups in total. The summed E-state index contributed by atoms with van der Waals surface area (Å²) in [5, 5.41) is 3.44. The highest BCUT2D eigenvalue weighted by Gasteiger charge is 2.45. The van der Waals surface area contributed by atoms with Crippen LogP contribution >= 0.6 is 0 Å². The minimum absolute atomic E-state index is 0.0165. The van der Waals surface area contributed by atoms with Crippen LogP contribution in [-0.4, -0.2) is 25.0 Å². The van der Waals surface area contributed by atoms with Crippen LogP contribution in [0.1, 0.15) is 24.3 Å². The van der Waals surface area contributed by atoms with Gasteiger partial charge in [-0.3, -0.25) is 0 Å². The second-order valence-corrected chi connectivity index (χ2v) is 5.87. The third-order valence-electron chi connectivity index (χ3n) is 4.53. The Morgan fingerprint density at radius 3 is 3.17 bits per heavy atom. The first kappa shape index (κ1) is 14.1. The van der Waals surface area contributed by atoms with E-state index in [0.29, 0.717) is 12.5 Å². The summed E-state index contributed by atoms with van der Waals surface area (Å²) in [4.78, 5) is 12.7. The number of hydrogen-bond acceptors (Lipinski definition) is 4. The Labute approximate surface area is 134 Å². The van der Waals surface area contributed by atoms with Crippen molar-refractivity contribution < 1.29 is 14.2 Å². The Bertz CT molecular complexity index is 761. The van der Waals surface area contributed by atoms with Gasteiger partial charge >= 0.3 is 5.88 Å². The first-order chi connectivity index (χ1) is 11.3. The minimum atomic E-state index is -0.0165. The molecule has 0 aromatic heterocycles. The quantitative estimate of drug-likeness (QED) is 0.853. The van der Waals surface area contributed by atoms with Gasteiger partial charge in [-0.05, 0) is 36.3 Å². The lowest BCUT2D eigenvalue weighted by Gasteiger charge is -2.30. The SMILES string of the molecule is COc1cccc(C2C3=C(OCC=C3)[N+](=O)C3=C2NCCC3)c1. The van der Waals surface area contributed by atoms with Crippen LogP contribution in [0.2, 0.25) is 0 Å². The first-order valence-corrected chi connectivity index (χ1v) is 7.91. The van der Waals surface area contributed by atoms with E-state index in [1.165, 1.54) is 0 Å². The molecule has 0 bridgehead atoms. The molecule has 0 radical (unpaired) electrons. The molecule has 4 rings (SSSR count). The van der Waals surface area contributed by atoms with Crippen molar-refractivity contribution in [3.63, 3.8) is 0 Å². The molecule has 0 fully saturated rings. The maximum atomic E-state index is 12.7. The van der Waals surface area contributed by atoms with Gasteiger partial charge in [-0.25, -0.2) is 0 Å². The number of allylic oxidation sites excluding steroid dienone is 3. The predicted octanol–water partition coefficient (Wildman–Crippen LogP) is 2.96. The van der Waals surface area contributed by atoms with E-state index in [-0.39, 0.29) is 5.92 Å². The molecule has 1 atom stereocenters. The number of nitrogens with one attached hydrogen (secondary N) is 1. The van der Waals surface area contributed by atoms with E-state index in [9.17, 15) is 4.91 Å². The molecule has 1 unspecified atom stereocenters. The average molecular weight is 311 g/mol. The Hall–Kier alpha value is -2.56. The van der Waals surface area contributed by atoms with Crippen molar-refractivity contribution in [2.75, 3.05) is 20.3 Å². The van der Waals surface area contributed by atoms with Crippen molar-refractivity contribution in [3.05, 3.63) is 69.7 Å². The second-order valence-electron chi connectivity index (χ2n) is 5.87. The summed E-state index contributed by atoms with van der Waals surface area (Å²) in [6, 6.07) is 8.01. The summed E-state index contributed by atoms with van der Waals surface area (Å²) in [5.74, 6) is 1.23. The maximum Gasteiger partial charge on any atom is 0.427 e. The van der Waals surface area contributed by atoms with Gasteiger partial charge in [-0.2, -0.15) is 0 Å². The molecular formula is C18H19N2O3+. The standard InChI is InChI=1S/C18H19N2O3/c1-22-13-6-2-5-12(11-13)16-14-7-4-10-23-18(14)20(21)15-8-3-9-19-17(15)16/h2,4-7,11,16,19H,3,8-10H2,1H3/q+1. The van der Waals surface area contributed by atoms with E-state index in [1.807, 2.05) is 30.4 Å². The van der Waals surface area contributed by atoms with Crippen molar-refractivity contribution in [2.45, 2.75) is 18.8 Å². The van der Waals surface area contributed by atoms with Crippen LogP contribution in [0, 0.1) is 4.91 Å². The van der Waals surface area contributed by atoms with Crippen molar-refractivity contribution in [3.8, 4) is 5.75 Å². The minimum Gasteiger partial charge on any atom is -0.497 e. The largest absolute Gasteiger partial charge is 0.497 e. The molecule has 118 valence electrons. The zero-order chi connectivity index (χ0) is 15.8. The van der Waals surface area contributed by atoms with E-state index in [1.54, 1.807) is 7.11 Å². The number of benzene rings is 1. The molecule has 3 heterocycles. The van der Waals surface area contributed by atoms with Crippen LogP contribution in [0.4, 0.5) is 0 Å². The van der Waals surface area contributed by atoms with Gasteiger partial charge in [-0.15, -0.1) is 0 Å². The Balaban J connectivity index is 1.89. The summed E-state index contributed by atoms with van der Waals surface area (Å²) >= 11 is 0. The second kappa shape index (κ2) is 5.57.